The van der Waals surface area contributed by atoms with Crippen molar-refractivity contribution in [3.8, 4) is 0 Å². The number of hydrogen-bond donors (Lipinski definition) is 0. The van der Waals surface area contributed by atoms with Crippen LogP contribution in [0.15, 0.2) is 0 Å². The first-order valence-corrected chi connectivity index (χ1v) is 4.22. The summed E-state index contributed by atoms with van der Waals surface area (Å²) < 4.78 is 4.81. The molecular weight excluding hydrogens is 139 g/mol. The molecule has 0 saturated carbocycles. The topological polar surface area (TPSA) is 43.4 Å². The van der Waals surface area contributed by atoms with E-state index in [0.717, 1.165) is 0 Å². The molecule has 0 unspecified atom stereocenters. The Morgan fingerprint density at radius 1 is 1.11 bits per heavy atom. The minimum atomic E-state index is -0.0983. The Hall–Kier alpha value is -0.270. The number of hydrogen-bond acceptors (Lipinski definition) is 3. The quantitative estimate of drug-likeness (QED) is 0.525. The molecule has 9 heavy (non-hydrogen) atoms. The molecule has 0 aromatic heterocycles. The van der Waals surface area contributed by atoms with Crippen LogP contribution < -0.4 is 0 Å². The van der Waals surface area contributed by atoms with Crippen molar-refractivity contribution in [3.63, 3.8) is 0 Å². The number of carbonyl (C=O) groups excluding carboxylic acids is 2. The van der Waals surface area contributed by atoms with E-state index in [1.165, 1.54) is 0 Å². The van der Waals surface area contributed by atoms with E-state index in [0.29, 0.717) is 0 Å². The van der Waals surface area contributed by atoms with E-state index in [1.54, 1.807) is 7.11 Å². The van der Waals surface area contributed by atoms with Gasteiger partial charge < -0.3 is 14.1 Å². The molecule has 0 aliphatic heterocycles. The van der Waals surface area contributed by atoms with E-state index in [1.807, 2.05) is 13.6 Å². The standard InChI is InChI=1S/C3H9OP.2CH2O/c1-4-5(2)3;2*1-2/h1-3H3;2*1H2. The van der Waals surface area contributed by atoms with Gasteiger partial charge in [-0.2, -0.15) is 0 Å². The van der Waals surface area contributed by atoms with Crippen LogP contribution >= 0.6 is 8.15 Å². The first kappa shape index (κ1) is 15.9. The van der Waals surface area contributed by atoms with Gasteiger partial charge in [-0.3, -0.25) is 0 Å². The summed E-state index contributed by atoms with van der Waals surface area (Å²) in [5.74, 6) is 0. The van der Waals surface area contributed by atoms with Crippen molar-refractivity contribution in [3.05, 3.63) is 0 Å². The van der Waals surface area contributed by atoms with Crippen LogP contribution in [0.3, 0.4) is 0 Å². The van der Waals surface area contributed by atoms with Gasteiger partial charge in [0.1, 0.15) is 13.6 Å². The lowest BCUT2D eigenvalue weighted by Gasteiger charge is -1.94. The van der Waals surface area contributed by atoms with E-state index in [2.05, 4.69) is 13.3 Å². The Balaban J connectivity index is -0.0000000771. The molecule has 0 rings (SSSR count). The third-order valence-electron chi connectivity index (χ3n) is 0.365. The Morgan fingerprint density at radius 3 is 1.22 bits per heavy atom. The molecule has 0 spiro atoms. The summed E-state index contributed by atoms with van der Waals surface area (Å²) in [6.07, 6.45) is 0. The van der Waals surface area contributed by atoms with Crippen LogP contribution in [-0.4, -0.2) is 34.0 Å². The van der Waals surface area contributed by atoms with Gasteiger partial charge in [-0.25, -0.2) is 0 Å². The van der Waals surface area contributed by atoms with Gasteiger partial charge in [0, 0.05) is 15.3 Å². The summed E-state index contributed by atoms with van der Waals surface area (Å²) in [4.78, 5) is 16.0. The average Bonchev–Trinajstić information content (AvgIpc) is 1.97. The van der Waals surface area contributed by atoms with Crippen molar-refractivity contribution in [2.45, 2.75) is 0 Å². The Labute approximate surface area is 57.2 Å². The molecule has 3 nitrogen and oxygen atoms in total. The van der Waals surface area contributed by atoms with Gasteiger partial charge in [-0.05, 0) is 13.3 Å². The van der Waals surface area contributed by atoms with Crippen LogP contribution in [0, 0.1) is 0 Å². The van der Waals surface area contributed by atoms with Crippen LogP contribution in [0.2, 0.25) is 0 Å². The van der Waals surface area contributed by atoms with Crippen molar-refractivity contribution in [2.24, 2.45) is 0 Å². The van der Waals surface area contributed by atoms with Crippen molar-refractivity contribution < 1.29 is 14.1 Å². The largest absolute Gasteiger partial charge is 0.363 e. The third kappa shape index (κ3) is 84.8. The van der Waals surface area contributed by atoms with E-state index < -0.39 is 0 Å². The van der Waals surface area contributed by atoms with Crippen molar-refractivity contribution in [1.29, 1.82) is 0 Å². The highest BCUT2D eigenvalue weighted by Crippen LogP contribution is 2.22. The minimum Gasteiger partial charge on any atom is -0.363 e. The van der Waals surface area contributed by atoms with E-state index >= 15 is 0 Å². The Bertz CT molecular complexity index is 39.2. The van der Waals surface area contributed by atoms with Gasteiger partial charge >= 0.3 is 0 Å². The van der Waals surface area contributed by atoms with Crippen LogP contribution in [0.25, 0.3) is 0 Å². The molecule has 0 radical (unpaired) electrons. The first-order chi connectivity index (χ1) is 4.27. The third-order valence-corrected chi connectivity index (χ3v) is 1.10. The fourth-order valence-electron chi connectivity index (χ4n) is 0. The number of carbonyl (C=O) groups is 2. The lowest BCUT2D eigenvalue weighted by atomic mass is 11.8. The molecule has 0 aliphatic rings. The molecule has 0 aromatic rings. The summed E-state index contributed by atoms with van der Waals surface area (Å²) in [5, 5.41) is 0. The SMILES string of the molecule is C=O.C=O.COP(C)C. The van der Waals surface area contributed by atoms with Crippen molar-refractivity contribution >= 4 is 21.7 Å². The van der Waals surface area contributed by atoms with Crippen molar-refractivity contribution in [1.82, 2.24) is 0 Å². The van der Waals surface area contributed by atoms with Crippen LogP contribution in [0.4, 0.5) is 0 Å². The van der Waals surface area contributed by atoms with E-state index in [9.17, 15) is 0 Å². The molecule has 0 atom stereocenters. The maximum atomic E-state index is 8.00. The van der Waals surface area contributed by atoms with Crippen molar-refractivity contribution in [2.75, 3.05) is 20.4 Å². The molecule has 0 N–H and O–H groups in total. The highest BCUT2D eigenvalue weighted by molar-refractivity contribution is 7.50. The Kier molecular flexibility index (Phi) is 44.4. The van der Waals surface area contributed by atoms with Gasteiger partial charge in [0.05, 0.1) is 0 Å². The predicted octanol–water partition coefficient (Wildman–Crippen LogP) is 0.919. The summed E-state index contributed by atoms with van der Waals surface area (Å²) in [7, 11) is 1.63. The van der Waals surface area contributed by atoms with E-state index in [-0.39, 0.29) is 8.15 Å². The average molecular weight is 152 g/mol. The maximum absolute atomic E-state index is 8.00. The molecule has 0 heterocycles. The Morgan fingerprint density at radius 2 is 1.22 bits per heavy atom. The normalized spacial score (nSPS) is 6.22. The second kappa shape index (κ2) is 25.2. The lowest BCUT2D eigenvalue weighted by molar-refractivity contribution is -0.0987. The summed E-state index contributed by atoms with van der Waals surface area (Å²) in [6.45, 7) is 8.13. The van der Waals surface area contributed by atoms with Crippen LogP contribution in [-0.2, 0) is 14.1 Å². The van der Waals surface area contributed by atoms with Gasteiger partial charge in [0.25, 0.3) is 0 Å². The predicted molar refractivity (Wildman–Crippen MR) is 40.0 cm³/mol. The molecule has 0 amide bonds. The zero-order valence-corrected chi connectivity index (χ0v) is 6.98. The molecule has 0 bridgehead atoms. The monoisotopic (exact) mass is 152 g/mol. The second-order valence-electron chi connectivity index (χ2n) is 0.995. The molecular formula is C5H13O3P. The second-order valence-corrected chi connectivity index (χ2v) is 2.98. The van der Waals surface area contributed by atoms with Gasteiger partial charge in [0.2, 0.25) is 0 Å². The minimum absolute atomic E-state index is 0.0983. The fourth-order valence-corrected chi connectivity index (χ4v) is 0. The van der Waals surface area contributed by atoms with Crippen LogP contribution in [0.5, 0.6) is 0 Å². The zero-order valence-electron chi connectivity index (χ0n) is 6.09. The fraction of sp³-hybridized carbons (Fsp3) is 0.600. The molecule has 0 aromatic carbocycles. The van der Waals surface area contributed by atoms with Gasteiger partial charge in [-0.1, -0.05) is 0 Å². The summed E-state index contributed by atoms with van der Waals surface area (Å²) >= 11 is 0. The number of rotatable bonds is 1. The smallest absolute Gasteiger partial charge is 0.106 e. The molecule has 56 valence electrons. The molecule has 0 saturated heterocycles. The van der Waals surface area contributed by atoms with Gasteiger partial charge in [0.15, 0.2) is 0 Å². The highest BCUT2D eigenvalue weighted by Gasteiger charge is 1.78. The maximum Gasteiger partial charge on any atom is 0.106 e. The summed E-state index contributed by atoms with van der Waals surface area (Å²) in [6, 6.07) is 0. The molecule has 4 heteroatoms. The van der Waals surface area contributed by atoms with Crippen LogP contribution in [0.1, 0.15) is 0 Å². The molecule has 0 fully saturated rings. The first-order valence-electron chi connectivity index (χ1n) is 2.06. The lowest BCUT2D eigenvalue weighted by Crippen LogP contribution is -1.65. The zero-order chi connectivity index (χ0) is 8.28. The summed E-state index contributed by atoms with van der Waals surface area (Å²) in [5.41, 5.74) is 0. The molecule has 0 aliphatic carbocycles. The van der Waals surface area contributed by atoms with E-state index in [4.69, 9.17) is 14.1 Å². The van der Waals surface area contributed by atoms with Gasteiger partial charge in [-0.15, -0.1) is 0 Å². The highest BCUT2D eigenvalue weighted by atomic mass is 31.1.